The molecule has 3 aromatic rings. The number of halogens is 1. The smallest absolute Gasteiger partial charge is 0.326 e. The van der Waals surface area contributed by atoms with Crippen molar-refractivity contribution >= 4 is 45.4 Å². The molecule has 2 aromatic carbocycles. The van der Waals surface area contributed by atoms with Gasteiger partial charge in [0.1, 0.15) is 6.04 Å². The van der Waals surface area contributed by atoms with Crippen LogP contribution in [0.3, 0.4) is 0 Å². The van der Waals surface area contributed by atoms with Crippen molar-refractivity contribution in [1.29, 1.82) is 0 Å². The number of hydrogen-bond donors (Lipinski definition) is 3. The van der Waals surface area contributed by atoms with Crippen molar-refractivity contribution in [1.82, 2.24) is 10.3 Å². The Labute approximate surface area is 198 Å². The number of carboxylic acids is 1. The summed E-state index contributed by atoms with van der Waals surface area (Å²) in [6.07, 6.45) is 1.25. The molecule has 0 aliphatic carbocycles. The summed E-state index contributed by atoms with van der Waals surface area (Å²) in [5.41, 5.74) is 1.52. The molecule has 1 amide bonds. The van der Waals surface area contributed by atoms with Gasteiger partial charge in [-0.2, -0.15) is 0 Å². The zero-order chi connectivity index (χ0) is 24.8. The second-order valence-corrected chi connectivity index (χ2v) is 8.92. The summed E-state index contributed by atoms with van der Waals surface area (Å²) >= 11 is 0.634. The summed E-state index contributed by atoms with van der Waals surface area (Å²) in [4.78, 5) is 52.2. The van der Waals surface area contributed by atoms with Crippen LogP contribution in [-0.2, 0) is 20.8 Å². The van der Waals surface area contributed by atoms with Crippen LogP contribution in [-0.4, -0.2) is 51.3 Å². The zero-order valence-electron chi connectivity index (χ0n) is 18.5. The molecule has 2 atom stereocenters. The first-order valence-electron chi connectivity index (χ1n) is 10.3. The molecule has 3 rings (SSSR count). The number of Topliss-reactive ketones (excluding diaryl/α,β-unsaturated/α-hetero) is 1. The quantitative estimate of drug-likeness (QED) is 0.375. The molecule has 10 heteroatoms. The third kappa shape index (κ3) is 6.02. The lowest BCUT2D eigenvalue weighted by Crippen LogP contribution is -2.43. The Hall–Kier alpha value is -3.66. The number of rotatable bonds is 10. The molecule has 1 heterocycles. The molecule has 1 unspecified atom stereocenters. The van der Waals surface area contributed by atoms with Gasteiger partial charge in [0.2, 0.25) is 5.91 Å². The van der Waals surface area contributed by atoms with Crippen molar-refractivity contribution < 1.29 is 33.4 Å². The number of aromatic amines is 1. The minimum Gasteiger partial charge on any atom is -0.494 e. The van der Waals surface area contributed by atoms with Crippen molar-refractivity contribution in [3.8, 4) is 5.75 Å². The summed E-state index contributed by atoms with van der Waals surface area (Å²) in [7, 11) is 1.29. The number of carbonyl (C=O) groups is 4. The van der Waals surface area contributed by atoms with Crippen molar-refractivity contribution in [2.45, 2.75) is 31.1 Å². The monoisotopic (exact) mass is 486 g/mol. The van der Waals surface area contributed by atoms with Crippen LogP contribution >= 0.6 is 11.8 Å². The number of carbonyl (C=O) groups excluding carboxylic acids is 3. The lowest BCUT2D eigenvalue weighted by atomic mass is 10.0. The van der Waals surface area contributed by atoms with Crippen LogP contribution in [0.2, 0.25) is 0 Å². The summed E-state index contributed by atoms with van der Waals surface area (Å²) in [6.45, 7) is 1.24. The fourth-order valence-corrected chi connectivity index (χ4v) is 4.41. The standard InChI is InChI=1S/C24H23FN2O6S/c1-13(28)34-21(23(30)14-7-8-20(33-2)17(25)9-14)11-22(29)27-19(24(31)32)10-15-12-26-18-6-4-3-5-16(15)18/h3-9,12,19,21,26H,10-11H2,1-2H3,(H,27,29)(H,31,32)/t19-,21?/m0/s1. The van der Waals surface area contributed by atoms with E-state index in [0.717, 1.165) is 17.0 Å². The topological polar surface area (TPSA) is 126 Å². The lowest BCUT2D eigenvalue weighted by Gasteiger charge is -2.18. The maximum absolute atomic E-state index is 14.1. The Balaban J connectivity index is 1.74. The number of para-hydroxylation sites is 1. The second-order valence-electron chi connectivity index (χ2n) is 7.54. The number of aliphatic carboxylic acids is 1. The van der Waals surface area contributed by atoms with Gasteiger partial charge in [0, 0.05) is 42.4 Å². The summed E-state index contributed by atoms with van der Waals surface area (Å²) in [5.74, 6) is -3.38. The molecule has 0 bridgehead atoms. The number of methoxy groups -OCH3 is 1. The number of aromatic nitrogens is 1. The van der Waals surface area contributed by atoms with Crippen LogP contribution in [0, 0.1) is 5.82 Å². The number of H-pyrrole nitrogens is 1. The number of hydrogen-bond acceptors (Lipinski definition) is 6. The lowest BCUT2D eigenvalue weighted by molar-refractivity contribution is -0.141. The third-order valence-electron chi connectivity index (χ3n) is 5.14. The number of ether oxygens (including phenoxy) is 1. The number of benzene rings is 2. The SMILES string of the molecule is COc1ccc(C(=O)C(CC(=O)N[C@@H](Cc2c[nH]c3ccccc23)C(=O)O)SC(C)=O)cc1F. The van der Waals surface area contributed by atoms with E-state index in [2.05, 4.69) is 10.3 Å². The molecule has 3 N–H and O–H groups in total. The van der Waals surface area contributed by atoms with Gasteiger partial charge >= 0.3 is 5.97 Å². The zero-order valence-corrected chi connectivity index (χ0v) is 19.3. The molecule has 0 spiro atoms. The highest BCUT2D eigenvalue weighted by atomic mass is 32.2. The van der Waals surface area contributed by atoms with Gasteiger partial charge < -0.3 is 20.1 Å². The molecule has 8 nitrogen and oxygen atoms in total. The Kier molecular flexibility index (Phi) is 8.06. The van der Waals surface area contributed by atoms with E-state index < -0.39 is 46.3 Å². The molecule has 178 valence electrons. The summed E-state index contributed by atoms with van der Waals surface area (Å²) in [5, 5.41) is 11.4. The van der Waals surface area contributed by atoms with Gasteiger partial charge in [0.25, 0.3) is 0 Å². The first kappa shape index (κ1) is 25.0. The van der Waals surface area contributed by atoms with Gasteiger partial charge in [0.05, 0.1) is 12.4 Å². The number of amides is 1. The fraction of sp³-hybridized carbons (Fsp3) is 0.250. The minimum atomic E-state index is -1.25. The highest BCUT2D eigenvalue weighted by Crippen LogP contribution is 2.25. The van der Waals surface area contributed by atoms with E-state index in [1.54, 1.807) is 6.20 Å². The fourth-order valence-electron chi connectivity index (χ4n) is 3.54. The minimum absolute atomic E-state index is 0.0211. The number of carboxylic acid groups (broad SMARTS) is 1. The van der Waals surface area contributed by atoms with Crippen LogP contribution < -0.4 is 10.1 Å². The van der Waals surface area contributed by atoms with Crippen LogP contribution in [0.15, 0.2) is 48.7 Å². The average molecular weight is 487 g/mol. The molecule has 0 saturated heterocycles. The Bertz CT molecular complexity index is 1240. The van der Waals surface area contributed by atoms with Gasteiger partial charge in [-0.3, -0.25) is 14.4 Å². The van der Waals surface area contributed by atoms with E-state index in [1.165, 1.54) is 26.2 Å². The first-order valence-corrected chi connectivity index (χ1v) is 11.2. The highest BCUT2D eigenvalue weighted by molar-refractivity contribution is 8.14. The maximum atomic E-state index is 14.1. The van der Waals surface area contributed by atoms with Crippen molar-refractivity contribution in [2.24, 2.45) is 0 Å². The Morgan fingerprint density at radius 1 is 1.18 bits per heavy atom. The molecule has 0 radical (unpaired) electrons. The van der Waals surface area contributed by atoms with Crippen molar-refractivity contribution in [2.75, 3.05) is 7.11 Å². The highest BCUT2D eigenvalue weighted by Gasteiger charge is 2.29. The van der Waals surface area contributed by atoms with E-state index in [9.17, 15) is 28.7 Å². The number of thioether (sulfide) groups is 1. The second kappa shape index (κ2) is 11.0. The van der Waals surface area contributed by atoms with Crippen LogP contribution in [0.5, 0.6) is 5.75 Å². The van der Waals surface area contributed by atoms with Crippen molar-refractivity contribution in [3.05, 3.63) is 65.6 Å². The van der Waals surface area contributed by atoms with Gasteiger partial charge in [0.15, 0.2) is 22.5 Å². The molecule has 0 aliphatic heterocycles. The number of ketones is 1. The third-order valence-corrected chi connectivity index (χ3v) is 6.14. The molecular formula is C24H23FN2O6S. The first-order chi connectivity index (χ1) is 16.2. The van der Waals surface area contributed by atoms with E-state index in [-0.39, 0.29) is 17.7 Å². The summed E-state index contributed by atoms with van der Waals surface area (Å²) < 4.78 is 18.9. The van der Waals surface area contributed by atoms with E-state index in [4.69, 9.17) is 4.74 Å². The van der Waals surface area contributed by atoms with E-state index >= 15 is 0 Å². The van der Waals surface area contributed by atoms with Crippen molar-refractivity contribution in [3.63, 3.8) is 0 Å². The average Bonchev–Trinajstić information content (AvgIpc) is 3.20. The van der Waals surface area contributed by atoms with Crippen LogP contribution in [0.4, 0.5) is 4.39 Å². The largest absolute Gasteiger partial charge is 0.494 e. The molecule has 0 saturated carbocycles. The maximum Gasteiger partial charge on any atom is 0.326 e. The molecule has 1 aromatic heterocycles. The predicted octanol–water partition coefficient (Wildman–Crippen LogP) is 3.35. The van der Waals surface area contributed by atoms with Crippen LogP contribution in [0.1, 0.15) is 29.3 Å². The van der Waals surface area contributed by atoms with E-state index in [1.807, 2.05) is 24.3 Å². The van der Waals surface area contributed by atoms with Gasteiger partial charge in [-0.1, -0.05) is 30.0 Å². The van der Waals surface area contributed by atoms with Gasteiger partial charge in [-0.15, -0.1) is 0 Å². The summed E-state index contributed by atoms with van der Waals surface area (Å²) in [6, 6.07) is 9.71. The number of fused-ring (bicyclic) bond motifs is 1. The van der Waals surface area contributed by atoms with Crippen LogP contribution in [0.25, 0.3) is 10.9 Å². The van der Waals surface area contributed by atoms with E-state index in [0.29, 0.717) is 17.3 Å². The predicted molar refractivity (Wildman–Crippen MR) is 126 cm³/mol. The van der Waals surface area contributed by atoms with Gasteiger partial charge in [-0.25, -0.2) is 9.18 Å². The van der Waals surface area contributed by atoms with Gasteiger partial charge in [-0.05, 0) is 29.8 Å². The molecule has 0 fully saturated rings. The Morgan fingerprint density at radius 2 is 1.91 bits per heavy atom. The molecular weight excluding hydrogens is 463 g/mol. The Morgan fingerprint density at radius 3 is 2.56 bits per heavy atom. The molecule has 34 heavy (non-hydrogen) atoms. The normalized spacial score (nSPS) is 12.7. The number of nitrogens with one attached hydrogen (secondary N) is 2. The molecule has 0 aliphatic rings.